The van der Waals surface area contributed by atoms with Crippen molar-refractivity contribution < 1.29 is 9.84 Å². The van der Waals surface area contributed by atoms with Crippen LogP contribution in [0.25, 0.3) is 0 Å². The van der Waals surface area contributed by atoms with Gasteiger partial charge in [-0.25, -0.2) is 0 Å². The number of fused-ring (bicyclic) bond motifs is 1. The highest BCUT2D eigenvalue weighted by molar-refractivity contribution is 5.28. The van der Waals surface area contributed by atoms with E-state index in [0.717, 1.165) is 55.6 Å². The van der Waals surface area contributed by atoms with Gasteiger partial charge in [0.1, 0.15) is 23.8 Å². The molecule has 1 aliphatic carbocycles. The van der Waals surface area contributed by atoms with Gasteiger partial charge in [-0.15, -0.1) is 10.2 Å². The third-order valence-corrected chi connectivity index (χ3v) is 6.79. The molecule has 1 aromatic carbocycles. The first-order chi connectivity index (χ1) is 13.7. The molecule has 1 atom stereocenters. The average Bonchev–Trinajstić information content (AvgIpc) is 3.29. The van der Waals surface area contributed by atoms with Crippen molar-refractivity contribution in [3.8, 4) is 5.75 Å². The van der Waals surface area contributed by atoms with Gasteiger partial charge >= 0.3 is 0 Å². The van der Waals surface area contributed by atoms with E-state index in [-0.39, 0.29) is 5.60 Å². The Labute approximate surface area is 166 Å². The minimum atomic E-state index is -0.0895. The van der Waals surface area contributed by atoms with E-state index in [4.69, 9.17) is 4.74 Å². The third-order valence-electron chi connectivity index (χ3n) is 6.79. The molecule has 1 unspecified atom stereocenters. The zero-order chi connectivity index (χ0) is 19.0. The zero-order valence-corrected chi connectivity index (χ0v) is 16.5. The van der Waals surface area contributed by atoms with Crippen LogP contribution in [0.2, 0.25) is 0 Å². The van der Waals surface area contributed by atoms with E-state index in [1.54, 1.807) is 12.1 Å². The highest BCUT2D eigenvalue weighted by Gasteiger charge is 2.43. The van der Waals surface area contributed by atoms with Gasteiger partial charge in [-0.1, -0.05) is 31.4 Å². The lowest BCUT2D eigenvalue weighted by atomic mass is 9.89. The summed E-state index contributed by atoms with van der Waals surface area (Å²) < 4.78 is 8.63. The molecule has 150 valence electrons. The van der Waals surface area contributed by atoms with Gasteiger partial charge in [0.2, 0.25) is 0 Å². The minimum Gasteiger partial charge on any atom is -0.508 e. The van der Waals surface area contributed by atoms with Crippen LogP contribution in [0.4, 0.5) is 0 Å². The van der Waals surface area contributed by atoms with Crippen LogP contribution < -0.4 is 0 Å². The molecule has 0 amide bonds. The van der Waals surface area contributed by atoms with Crippen LogP contribution in [-0.2, 0) is 24.3 Å². The Kier molecular flexibility index (Phi) is 4.85. The summed E-state index contributed by atoms with van der Waals surface area (Å²) in [5.74, 6) is 3.10. The second kappa shape index (κ2) is 7.48. The third kappa shape index (κ3) is 3.67. The maximum atomic E-state index is 9.50. The predicted molar refractivity (Wildman–Crippen MR) is 106 cm³/mol. The summed E-state index contributed by atoms with van der Waals surface area (Å²) in [7, 11) is 0. The summed E-state index contributed by atoms with van der Waals surface area (Å²) in [5.41, 5.74) is 1.05. The molecule has 3 heterocycles. The molecule has 5 rings (SSSR count). The normalized spacial score (nSPS) is 26.0. The van der Waals surface area contributed by atoms with Gasteiger partial charge in [0.25, 0.3) is 0 Å². The van der Waals surface area contributed by atoms with Crippen LogP contribution in [-0.4, -0.2) is 50.0 Å². The van der Waals surface area contributed by atoms with Crippen LogP contribution >= 0.6 is 0 Å². The van der Waals surface area contributed by atoms with Gasteiger partial charge in [-0.3, -0.25) is 0 Å². The van der Waals surface area contributed by atoms with E-state index < -0.39 is 0 Å². The van der Waals surface area contributed by atoms with Gasteiger partial charge in [0.05, 0.1) is 6.54 Å². The molecule has 0 bridgehead atoms. The quantitative estimate of drug-likeness (QED) is 0.880. The second-order valence-corrected chi connectivity index (χ2v) is 8.92. The van der Waals surface area contributed by atoms with Crippen LogP contribution in [0.1, 0.15) is 55.7 Å². The van der Waals surface area contributed by atoms with Gasteiger partial charge in [-0.2, -0.15) is 0 Å². The first-order valence-electron chi connectivity index (χ1n) is 10.7. The number of hydrogen-bond donors (Lipinski definition) is 1. The van der Waals surface area contributed by atoms with Crippen LogP contribution in [0.3, 0.4) is 0 Å². The molecule has 1 saturated carbocycles. The number of ether oxygens (including phenoxy) is 1. The van der Waals surface area contributed by atoms with E-state index in [2.05, 4.69) is 19.7 Å². The first kappa shape index (κ1) is 18.1. The number of hydrogen-bond acceptors (Lipinski definition) is 5. The van der Waals surface area contributed by atoms with Crippen molar-refractivity contribution in [2.75, 3.05) is 19.6 Å². The number of aromatic hydroxyl groups is 1. The van der Waals surface area contributed by atoms with E-state index in [0.29, 0.717) is 12.4 Å². The lowest BCUT2D eigenvalue weighted by Gasteiger charge is -2.35. The summed E-state index contributed by atoms with van der Waals surface area (Å²) in [5, 5.41) is 18.3. The van der Waals surface area contributed by atoms with Crippen molar-refractivity contribution in [1.29, 1.82) is 0 Å². The number of benzene rings is 1. The van der Waals surface area contributed by atoms with Gasteiger partial charge in [-0.05, 0) is 42.9 Å². The van der Waals surface area contributed by atoms with E-state index in [9.17, 15) is 5.11 Å². The topological polar surface area (TPSA) is 63.4 Å². The number of rotatable bonds is 4. The fourth-order valence-electron chi connectivity index (χ4n) is 5.21. The number of phenolic OH excluding ortho intramolecular Hbond substituents is 1. The van der Waals surface area contributed by atoms with Gasteiger partial charge in [0.15, 0.2) is 5.82 Å². The number of likely N-dealkylation sites (tertiary alicyclic amines) is 1. The molecule has 28 heavy (non-hydrogen) atoms. The standard InChI is InChI=1S/C22H30N4O2/c27-19-8-6-17(7-9-19)12-20-23-24-21-14-28-22(16-26(20)21)10-11-25(15-22)13-18-4-2-1-3-5-18/h6-9,18,27H,1-5,10-16H2. The van der Waals surface area contributed by atoms with Crippen molar-refractivity contribution in [3.05, 3.63) is 41.5 Å². The molecule has 6 heteroatoms. The van der Waals surface area contributed by atoms with Crippen molar-refractivity contribution in [2.24, 2.45) is 5.92 Å². The Hall–Kier alpha value is -1.92. The molecular formula is C22H30N4O2. The molecule has 2 aromatic rings. The SMILES string of the molecule is Oc1ccc(Cc2nnc3n2CC2(CCN(CC4CCCCC4)C2)OC3)cc1. The predicted octanol–water partition coefficient (Wildman–Crippen LogP) is 3.13. The Bertz CT molecular complexity index is 812. The fraction of sp³-hybridized carbons (Fsp3) is 0.636. The smallest absolute Gasteiger partial charge is 0.159 e. The summed E-state index contributed by atoms with van der Waals surface area (Å²) in [6.07, 6.45) is 8.86. The van der Waals surface area contributed by atoms with E-state index >= 15 is 0 Å². The largest absolute Gasteiger partial charge is 0.508 e. The zero-order valence-electron chi connectivity index (χ0n) is 16.5. The van der Waals surface area contributed by atoms with Crippen molar-refractivity contribution >= 4 is 0 Å². The molecule has 6 nitrogen and oxygen atoms in total. The Morgan fingerprint density at radius 3 is 2.71 bits per heavy atom. The molecule has 1 N–H and O–H groups in total. The molecule has 1 spiro atoms. The first-order valence-corrected chi connectivity index (χ1v) is 10.7. The lowest BCUT2D eigenvalue weighted by Crippen LogP contribution is -2.45. The van der Waals surface area contributed by atoms with Crippen LogP contribution in [0.5, 0.6) is 5.75 Å². The Balaban J connectivity index is 1.27. The second-order valence-electron chi connectivity index (χ2n) is 8.92. The van der Waals surface area contributed by atoms with Crippen LogP contribution in [0.15, 0.2) is 24.3 Å². The Morgan fingerprint density at radius 1 is 1.07 bits per heavy atom. The number of aromatic nitrogens is 3. The lowest BCUT2D eigenvalue weighted by molar-refractivity contribution is -0.0833. The molecule has 1 saturated heterocycles. The summed E-state index contributed by atoms with van der Waals surface area (Å²) in [4.78, 5) is 2.63. The molecule has 2 aliphatic heterocycles. The molecule has 2 fully saturated rings. The number of nitrogens with zero attached hydrogens (tertiary/aromatic N) is 4. The molecule has 0 radical (unpaired) electrons. The van der Waals surface area contributed by atoms with E-state index in [1.165, 1.54) is 38.6 Å². The van der Waals surface area contributed by atoms with Crippen molar-refractivity contribution in [1.82, 2.24) is 19.7 Å². The van der Waals surface area contributed by atoms with E-state index in [1.807, 2.05) is 12.1 Å². The number of phenols is 1. The summed E-state index contributed by atoms with van der Waals surface area (Å²) in [6.45, 7) is 4.81. The fourth-order valence-corrected chi connectivity index (χ4v) is 5.21. The monoisotopic (exact) mass is 382 g/mol. The molecular weight excluding hydrogens is 352 g/mol. The summed E-state index contributed by atoms with van der Waals surface area (Å²) in [6, 6.07) is 7.36. The van der Waals surface area contributed by atoms with Gasteiger partial charge in [0, 0.05) is 26.1 Å². The average molecular weight is 383 g/mol. The molecule has 1 aromatic heterocycles. The highest BCUT2D eigenvalue weighted by Crippen LogP contribution is 2.34. The Morgan fingerprint density at radius 2 is 1.89 bits per heavy atom. The minimum absolute atomic E-state index is 0.0895. The summed E-state index contributed by atoms with van der Waals surface area (Å²) >= 11 is 0. The maximum Gasteiger partial charge on any atom is 0.159 e. The maximum absolute atomic E-state index is 9.50. The molecule has 3 aliphatic rings. The highest BCUT2D eigenvalue weighted by atomic mass is 16.5. The van der Waals surface area contributed by atoms with Gasteiger partial charge < -0.3 is 19.3 Å². The van der Waals surface area contributed by atoms with Crippen molar-refractivity contribution in [3.63, 3.8) is 0 Å². The van der Waals surface area contributed by atoms with Crippen LogP contribution in [0, 0.1) is 5.92 Å². The van der Waals surface area contributed by atoms with Crippen molar-refractivity contribution in [2.45, 2.75) is 63.7 Å².